The Morgan fingerprint density at radius 1 is 0.380 bits per heavy atom. The van der Waals surface area contributed by atoms with Crippen LogP contribution in [0.4, 0.5) is 0 Å². The molecule has 2 aromatic rings. The van der Waals surface area contributed by atoms with E-state index in [2.05, 4.69) is 27.7 Å². The van der Waals surface area contributed by atoms with Gasteiger partial charge in [0.25, 0.3) is 0 Å². The van der Waals surface area contributed by atoms with Crippen LogP contribution in [0.5, 0.6) is 23.0 Å². The van der Waals surface area contributed by atoms with E-state index in [0.717, 1.165) is 115 Å². The van der Waals surface area contributed by atoms with Crippen molar-refractivity contribution in [2.75, 3.05) is 26.4 Å². The summed E-state index contributed by atoms with van der Waals surface area (Å²) in [5.41, 5.74) is -2.22. The molecule has 0 saturated heterocycles. The number of carbonyl (C=O) groups is 4. The molecule has 79 heavy (non-hydrogen) atoms. The van der Waals surface area contributed by atoms with Crippen LogP contribution in [0.1, 0.15) is 156 Å². The standard InChI is InChI=1S/C64H82Cl2O12Te/c1-61(43-13-35-9-36(15-43)16-44(61)14-35)75-56(67)31-71-51-5-7-52(8-6-51)79(65,66)53-29-54(72-32-57(68)76-62(2)45-17-37-10-38(19-45)20-46(62)18-37)60(74-34-59(70)78-64(4)49-25-41-12-42(27-49)28-50(64)26-41)55(30-53)73-33-58(69)77-63(3)47-21-39-11-40(23-47)24-48(63)22-39/h5-8,29-30,35-50H,9-28,31-34H2,1-4H3. The number of benzene rings is 2. The van der Waals surface area contributed by atoms with Crippen molar-refractivity contribution in [1.29, 1.82) is 0 Å². The first-order valence-electron chi connectivity index (χ1n) is 30.7. The van der Waals surface area contributed by atoms with Gasteiger partial charge in [-0.1, -0.05) is 0 Å². The fraction of sp³-hybridized carbons (Fsp3) is 0.750. The molecule has 0 spiro atoms. The number of rotatable bonds is 18. The summed E-state index contributed by atoms with van der Waals surface area (Å²) in [6, 6.07) is 10.5. The van der Waals surface area contributed by atoms with Crippen LogP contribution in [-0.4, -0.2) is 88.6 Å². The van der Waals surface area contributed by atoms with Crippen LogP contribution >= 0.6 is 17.9 Å². The molecule has 18 rings (SSSR count). The molecular weight excluding hydrogens is 1160 g/mol. The topological polar surface area (TPSA) is 142 Å². The number of halogens is 2. The van der Waals surface area contributed by atoms with Crippen molar-refractivity contribution in [3.63, 3.8) is 0 Å². The molecule has 16 aliphatic rings. The van der Waals surface area contributed by atoms with Gasteiger partial charge in [-0.2, -0.15) is 0 Å². The van der Waals surface area contributed by atoms with E-state index in [1.165, 1.54) is 25.7 Å². The summed E-state index contributed by atoms with van der Waals surface area (Å²) in [6.45, 7) is 6.83. The maximum absolute atomic E-state index is 14.2. The first-order chi connectivity index (χ1) is 37.8. The Morgan fingerprint density at radius 3 is 0.911 bits per heavy atom. The summed E-state index contributed by atoms with van der Waals surface area (Å²) >= 11 is -4.47. The molecule has 16 fully saturated rings. The van der Waals surface area contributed by atoms with Gasteiger partial charge in [0.15, 0.2) is 0 Å². The number of hydrogen-bond acceptors (Lipinski definition) is 12. The quantitative estimate of drug-likeness (QED) is 0.0796. The average Bonchev–Trinajstić information content (AvgIpc) is 3.58. The third kappa shape index (κ3) is 9.67. The molecule has 15 heteroatoms. The summed E-state index contributed by atoms with van der Waals surface area (Å²) in [7, 11) is 15.3. The molecule has 12 nitrogen and oxygen atoms in total. The molecule has 2 aromatic carbocycles. The van der Waals surface area contributed by atoms with Crippen molar-refractivity contribution in [3.8, 4) is 23.0 Å². The zero-order valence-electron chi connectivity index (χ0n) is 46.7. The van der Waals surface area contributed by atoms with E-state index in [1.54, 1.807) is 36.4 Å². The van der Waals surface area contributed by atoms with E-state index in [4.69, 9.17) is 55.8 Å². The molecule has 16 aliphatic carbocycles. The fourth-order valence-corrected chi connectivity index (χ4v) is 26.9. The van der Waals surface area contributed by atoms with Gasteiger partial charge in [0.05, 0.1) is 0 Å². The molecule has 0 aliphatic heterocycles. The molecule has 0 amide bonds. The molecule has 16 bridgehead atoms. The average molecular weight is 1240 g/mol. The van der Waals surface area contributed by atoms with E-state index in [1.807, 2.05) is 0 Å². The minimum atomic E-state index is -4.47. The molecule has 0 atom stereocenters. The zero-order chi connectivity index (χ0) is 54.4. The summed E-state index contributed by atoms with van der Waals surface area (Å²) < 4.78 is 52.4. The summed E-state index contributed by atoms with van der Waals surface area (Å²) in [5, 5.41) is 0. The van der Waals surface area contributed by atoms with Gasteiger partial charge in [0, 0.05) is 0 Å². The van der Waals surface area contributed by atoms with Crippen LogP contribution in [0.2, 0.25) is 0 Å². The zero-order valence-corrected chi connectivity index (χ0v) is 50.6. The van der Waals surface area contributed by atoms with Gasteiger partial charge in [0.2, 0.25) is 0 Å². The normalized spacial score (nSPS) is 43.1. The van der Waals surface area contributed by atoms with E-state index < -0.39 is 76.1 Å². The van der Waals surface area contributed by atoms with Crippen LogP contribution in [0.3, 0.4) is 0 Å². The number of esters is 4. The van der Waals surface area contributed by atoms with Crippen molar-refractivity contribution in [2.45, 2.75) is 179 Å². The molecule has 0 N–H and O–H groups in total. The van der Waals surface area contributed by atoms with Gasteiger partial charge in [0.1, 0.15) is 0 Å². The number of hydrogen-bond donors (Lipinski definition) is 0. The fourth-order valence-electron chi connectivity index (χ4n) is 20.7. The Hall–Kier alpha value is -3.11. The van der Waals surface area contributed by atoms with Crippen molar-refractivity contribution in [1.82, 2.24) is 0 Å². The number of ether oxygens (including phenoxy) is 8. The van der Waals surface area contributed by atoms with Crippen molar-refractivity contribution in [3.05, 3.63) is 36.4 Å². The van der Waals surface area contributed by atoms with E-state index in [0.29, 0.717) is 95.8 Å². The van der Waals surface area contributed by atoms with Gasteiger partial charge in [-0.05, 0) is 12.8 Å². The second-order valence-corrected chi connectivity index (χ2v) is 41.3. The van der Waals surface area contributed by atoms with Gasteiger partial charge in [-0.3, -0.25) is 0 Å². The first kappa shape index (κ1) is 53.9. The Kier molecular flexibility index (Phi) is 13.7. The van der Waals surface area contributed by atoms with Gasteiger partial charge < -0.3 is 0 Å². The van der Waals surface area contributed by atoms with E-state index >= 15 is 0 Å². The maximum atomic E-state index is 14.2. The molecular formula is C64H82Cl2O12Te. The first-order valence-corrected chi connectivity index (χ1v) is 38.9. The second-order valence-electron chi connectivity index (χ2n) is 28.7. The van der Waals surface area contributed by atoms with Gasteiger partial charge in [-0.25, -0.2) is 0 Å². The van der Waals surface area contributed by atoms with E-state index in [9.17, 15) is 19.2 Å². The van der Waals surface area contributed by atoms with Crippen LogP contribution in [0.25, 0.3) is 0 Å². The van der Waals surface area contributed by atoms with Crippen LogP contribution in [-0.2, 0) is 38.1 Å². The molecule has 430 valence electrons. The van der Waals surface area contributed by atoms with E-state index in [-0.39, 0.29) is 29.8 Å². The van der Waals surface area contributed by atoms with Crippen molar-refractivity contribution >= 4 is 65.0 Å². The summed E-state index contributed by atoms with van der Waals surface area (Å²) in [5.74, 6) is 7.05. The predicted octanol–water partition coefficient (Wildman–Crippen LogP) is 11.3. The molecule has 0 unspecified atom stereocenters. The summed E-state index contributed by atoms with van der Waals surface area (Å²) in [6.07, 6.45) is 22.5. The van der Waals surface area contributed by atoms with Crippen LogP contribution in [0.15, 0.2) is 36.4 Å². The van der Waals surface area contributed by atoms with Crippen molar-refractivity contribution < 1.29 is 57.1 Å². The molecule has 0 heterocycles. The SMILES string of the molecule is CC1(OC(=O)COc2ccc([Te](Cl)(Cl)c3cc(OCC(=O)OC4(C)C5CC6CC(C5)CC4C6)c(OCC(=O)OC4(C)C5CC6CC(C5)CC4C6)c(OCC(=O)OC4(C)C5CC6CC(C5)CC4C6)c3)cc2)C2CC3CC(C2)CC1C3. The molecule has 0 radical (unpaired) electrons. The summed E-state index contributed by atoms with van der Waals surface area (Å²) in [4.78, 5) is 55.9. The third-order valence-electron chi connectivity index (χ3n) is 24.2. The van der Waals surface area contributed by atoms with Crippen molar-refractivity contribution in [2.24, 2.45) is 94.7 Å². The Morgan fingerprint density at radius 2 is 0.633 bits per heavy atom. The molecule has 0 aromatic heterocycles. The van der Waals surface area contributed by atoms with Crippen LogP contribution in [0, 0.1) is 94.7 Å². The van der Waals surface area contributed by atoms with Gasteiger partial charge in [-0.15, -0.1) is 0 Å². The monoisotopic (exact) mass is 1240 g/mol. The van der Waals surface area contributed by atoms with Crippen LogP contribution < -0.4 is 26.2 Å². The predicted molar refractivity (Wildman–Crippen MR) is 298 cm³/mol. The Bertz CT molecular complexity index is 2540. The Labute approximate surface area is 478 Å². The third-order valence-corrected chi connectivity index (χ3v) is 33.8. The minimum absolute atomic E-state index is 0.0170. The van der Waals surface area contributed by atoms with Gasteiger partial charge >= 0.3 is 468 Å². The second kappa shape index (κ2) is 20.0. The Balaban J connectivity index is 0.731. The molecule has 16 saturated carbocycles. The number of carbonyl (C=O) groups excluding carboxylic acids is 4.